The fourth-order valence-corrected chi connectivity index (χ4v) is 2.12. The van der Waals surface area contributed by atoms with E-state index in [1.54, 1.807) is 36.4 Å². The predicted molar refractivity (Wildman–Crippen MR) is 76.5 cm³/mol. The molecule has 0 amide bonds. The van der Waals surface area contributed by atoms with Gasteiger partial charge in [0.25, 0.3) is 0 Å². The summed E-state index contributed by atoms with van der Waals surface area (Å²) in [5.74, 6) is -0.113. The third-order valence-corrected chi connectivity index (χ3v) is 3.14. The molecule has 0 saturated heterocycles. The number of ketones is 1. The lowest BCUT2D eigenvalue weighted by Crippen LogP contribution is -2.04. The number of aromatic nitrogens is 1. The second kappa shape index (κ2) is 5.43. The Kier molecular flexibility index (Phi) is 3.32. The summed E-state index contributed by atoms with van der Waals surface area (Å²) in [6.07, 6.45) is 1.44. The van der Waals surface area contributed by atoms with Gasteiger partial charge in [-0.3, -0.25) is 4.79 Å². The zero-order valence-electron chi connectivity index (χ0n) is 11.0. The predicted octanol–water partition coefficient (Wildman–Crippen LogP) is 3.44. The van der Waals surface area contributed by atoms with Gasteiger partial charge in [0.2, 0.25) is 0 Å². The van der Waals surface area contributed by atoms with Gasteiger partial charge >= 0.3 is 0 Å². The van der Waals surface area contributed by atoms with Gasteiger partial charge in [-0.1, -0.05) is 35.5 Å². The number of nitrogens with zero attached hydrogens (tertiary/aromatic N) is 2. The van der Waals surface area contributed by atoms with Gasteiger partial charge in [0.1, 0.15) is 12.0 Å². The summed E-state index contributed by atoms with van der Waals surface area (Å²) in [5.41, 5.74) is 2.68. The SMILES string of the molecule is N#Cc1ccc(C(=O)c2ccccc2)c(-c2ccon2)c1. The van der Waals surface area contributed by atoms with Crippen LogP contribution in [0.4, 0.5) is 0 Å². The molecule has 1 aromatic heterocycles. The van der Waals surface area contributed by atoms with Crippen LogP contribution in [0.3, 0.4) is 0 Å². The van der Waals surface area contributed by atoms with E-state index in [0.29, 0.717) is 27.9 Å². The molecule has 2 aromatic carbocycles. The van der Waals surface area contributed by atoms with Crippen molar-refractivity contribution < 1.29 is 9.32 Å². The van der Waals surface area contributed by atoms with Crippen molar-refractivity contribution in [3.63, 3.8) is 0 Å². The molecular formula is C17H10N2O2. The Morgan fingerprint density at radius 1 is 1.10 bits per heavy atom. The van der Waals surface area contributed by atoms with E-state index in [-0.39, 0.29) is 5.78 Å². The number of carbonyl (C=O) groups is 1. The van der Waals surface area contributed by atoms with Crippen molar-refractivity contribution in [2.75, 3.05) is 0 Å². The first-order valence-electron chi connectivity index (χ1n) is 6.34. The molecule has 0 aliphatic rings. The molecule has 0 fully saturated rings. The van der Waals surface area contributed by atoms with Crippen molar-refractivity contribution in [1.82, 2.24) is 5.16 Å². The molecule has 0 aliphatic heterocycles. The number of benzene rings is 2. The Morgan fingerprint density at radius 3 is 2.57 bits per heavy atom. The molecule has 4 heteroatoms. The highest BCUT2D eigenvalue weighted by Gasteiger charge is 2.16. The Bertz CT molecular complexity index is 816. The van der Waals surface area contributed by atoms with E-state index < -0.39 is 0 Å². The van der Waals surface area contributed by atoms with Crippen LogP contribution in [0.5, 0.6) is 0 Å². The molecule has 0 saturated carbocycles. The highest BCUT2D eigenvalue weighted by atomic mass is 16.5. The van der Waals surface area contributed by atoms with Gasteiger partial charge in [-0.25, -0.2) is 0 Å². The van der Waals surface area contributed by atoms with Gasteiger partial charge in [-0.2, -0.15) is 5.26 Å². The molecule has 0 atom stereocenters. The quantitative estimate of drug-likeness (QED) is 0.686. The first kappa shape index (κ1) is 12.8. The molecule has 3 aromatic rings. The van der Waals surface area contributed by atoms with Crippen LogP contribution in [0.2, 0.25) is 0 Å². The van der Waals surface area contributed by atoms with Gasteiger partial charge in [0, 0.05) is 22.8 Å². The van der Waals surface area contributed by atoms with Crippen LogP contribution >= 0.6 is 0 Å². The third-order valence-electron chi connectivity index (χ3n) is 3.14. The smallest absolute Gasteiger partial charge is 0.193 e. The second-order valence-electron chi connectivity index (χ2n) is 4.45. The molecule has 100 valence electrons. The Labute approximate surface area is 121 Å². The summed E-state index contributed by atoms with van der Waals surface area (Å²) >= 11 is 0. The number of hydrogen-bond acceptors (Lipinski definition) is 4. The normalized spacial score (nSPS) is 10.0. The van der Waals surface area contributed by atoms with Crippen LogP contribution in [0.15, 0.2) is 65.4 Å². The lowest BCUT2D eigenvalue weighted by atomic mass is 9.95. The molecule has 0 bridgehead atoms. The Balaban J connectivity index is 2.15. The van der Waals surface area contributed by atoms with Crippen LogP contribution < -0.4 is 0 Å². The van der Waals surface area contributed by atoms with Crippen LogP contribution in [0, 0.1) is 11.3 Å². The van der Waals surface area contributed by atoms with E-state index >= 15 is 0 Å². The molecule has 4 nitrogen and oxygen atoms in total. The molecule has 0 radical (unpaired) electrons. The maximum absolute atomic E-state index is 12.6. The minimum Gasteiger partial charge on any atom is -0.364 e. The highest BCUT2D eigenvalue weighted by molar-refractivity contribution is 6.12. The van der Waals surface area contributed by atoms with Crippen LogP contribution in [-0.4, -0.2) is 10.9 Å². The van der Waals surface area contributed by atoms with Gasteiger partial charge in [0.05, 0.1) is 11.6 Å². The minimum atomic E-state index is -0.113. The zero-order valence-corrected chi connectivity index (χ0v) is 11.0. The first-order valence-corrected chi connectivity index (χ1v) is 6.34. The maximum Gasteiger partial charge on any atom is 0.193 e. The monoisotopic (exact) mass is 274 g/mol. The molecule has 0 spiro atoms. The Hall–Kier alpha value is -3.19. The van der Waals surface area contributed by atoms with Crippen molar-refractivity contribution in [3.05, 3.63) is 77.6 Å². The maximum atomic E-state index is 12.6. The first-order chi connectivity index (χ1) is 10.3. The summed E-state index contributed by atoms with van der Waals surface area (Å²) in [5, 5.41) is 12.9. The number of carbonyl (C=O) groups excluding carboxylic acids is 1. The van der Waals surface area contributed by atoms with E-state index in [1.807, 2.05) is 18.2 Å². The van der Waals surface area contributed by atoms with E-state index in [4.69, 9.17) is 9.78 Å². The lowest BCUT2D eigenvalue weighted by molar-refractivity contribution is 0.103. The van der Waals surface area contributed by atoms with Crippen LogP contribution in [-0.2, 0) is 0 Å². The summed E-state index contributed by atoms with van der Waals surface area (Å²) in [7, 11) is 0. The van der Waals surface area contributed by atoms with E-state index in [9.17, 15) is 4.79 Å². The van der Waals surface area contributed by atoms with Crippen LogP contribution in [0.25, 0.3) is 11.3 Å². The Morgan fingerprint density at radius 2 is 1.90 bits per heavy atom. The molecule has 0 N–H and O–H groups in total. The van der Waals surface area contributed by atoms with Gasteiger partial charge in [-0.15, -0.1) is 0 Å². The molecule has 0 unspecified atom stereocenters. The van der Waals surface area contributed by atoms with E-state index in [1.165, 1.54) is 6.26 Å². The molecule has 3 rings (SSSR count). The standard InChI is InChI=1S/C17H10N2O2/c18-11-12-6-7-14(15(10-12)16-8-9-21-19-16)17(20)13-4-2-1-3-5-13/h1-10H. The summed E-state index contributed by atoms with van der Waals surface area (Å²) < 4.78 is 4.84. The lowest BCUT2D eigenvalue weighted by Gasteiger charge is -2.07. The highest BCUT2D eigenvalue weighted by Crippen LogP contribution is 2.25. The van der Waals surface area contributed by atoms with Crippen molar-refractivity contribution in [2.24, 2.45) is 0 Å². The molecule has 0 aliphatic carbocycles. The average molecular weight is 274 g/mol. The minimum absolute atomic E-state index is 0.113. The average Bonchev–Trinajstić information content (AvgIpc) is 3.09. The van der Waals surface area contributed by atoms with Crippen molar-refractivity contribution in [1.29, 1.82) is 5.26 Å². The molecule has 21 heavy (non-hydrogen) atoms. The fourth-order valence-electron chi connectivity index (χ4n) is 2.12. The number of nitriles is 1. The second-order valence-corrected chi connectivity index (χ2v) is 4.45. The number of rotatable bonds is 3. The van der Waals surface area contributed by atoms with Crippen molar-refractivity contribution >= 4 is 5.78 Å². The molecule has 1 heterocycles. The molecular weight excluding hydrogens is 264 g/mol. The summed E-state index contributed by atoms with van der Waals surface area (Å²) in [4.78, 5) is 12.6. The van der Waals surface area contributed by atoms with Crippen LogP contribution in [0.1, 0.15) is 21.5 Å². The summed E-state index contributed by atoms with van der Waals surface area (Å²) in [6, 6.07) is 17.6. The topological polar surface area (TPSA) is 66.9 Å². The van der Waals surface area contributed by atoms with Gasteiger partial charge in [0.15, 0.2) is 5.78 Å². The van der Waals surface area contributed by atoms with Crippen molar-refractivity contribution in [3.8, 4) is 17.3 Å². The van der Waals surface area contributed by atoms with Crippen molar-refractivity contribution in [2.45, 2.75) is 0 Å². The largest absolute Gasteiger partial charge is 0.364 e. The van der Waals surface area contributed by atoms with Gasteiger partial charge in [-0.05, 0) is 18.2 Å². The van der Waals surface area contributed by atoms with Gasteiger partial charge < -0.3 is 4.52 Å². The number of hydrogen-bond donors (Lipinski definition) is 0. The fraction of sp³-hybridized carbons (Fsp3) is 0. The third kappa shape index (κ3) is 2.45. The zero-order chi connectivity index (χ0) is 14.7. The van der Waals surface area contributed by atoms with E-state index in [2.05, 4.69) is 11.2 Å². The van der Waals surface area contributed by atoms with E-state index in [0.717, 1.165) is 0 Å². The summed E-state index contributed by atoms with van der Waals surface area (Å²) in [6.45, 7) is 0.